The molecule has 160 valence electrons. The number of pyridine rings is 1. The van der Waals surface area contributed by atoms with E-state index >= 15 is 0 Å². The fraction of sp³-hybridized carbons (Fsp3) is 0.286. The standard InChI is InChI=1S/C28H32N2O/c31-28(20-19-24-13-12-21-29-23-24)30-22-11-3-1-2-10-18-27(25-14-6-4-7-15-25)26-16-8-5-9-17-26/h4-9,12-17,19-21,23,27H,1-3,10-11,18,22H2,(H,30,31). The summed E-state index contributed by atoms with van der Waals surface area (Å²) in [5.41, 5.74) is 3.73. The highest BCUT2D eigenvalue weighted by Gasteiger charge is 2.13. The van der Waals surface area contributed by atoms with Crippen LogP contribution in [0.5, 0.6) is 0 Å². The van der Waals surface area contributed by atoms with E-state index in [4.69, 9.17) is 0 Å². The van der Waals surface area contributed by atoms with Crippen LogP contribution in [0.2, 0.25) is 0 Å². The van der Waals surface area contributed by atoms with Gasteiger partial charge in [-0.1, -0.05) is 92.4 Å². The molecule has 1 heterocycles. The second kappa shape index (κ2) is 13.2. The Balaban J connectivity index is 1.31. The smallest absolute Gasteiger partial charge is 0.243 e. The van der Waals surface area contributed by atoms with Crippen LogP contribution in [-0.2, 0) is 4.79 Å². The Labute approximate surface area is 186 Å². The van der Waals surface area contributed by atoms with Gasteiger partial charge in [-0.3, -0.25) is 9.78 Å². The summed E-state index contributed by atoms with van der Waals surface area (Å²) >= 11 is 0. The molecule has 0 saturated carbocycles. The van der Waals surface area contributed by atoms with Crippen LogP contribution < -0.4 is 5.32 Å². The SMILES string of the molecule is O=C(C=Cc1cccnc1)NCCCCCCCC(c1ccccc1)c1ccccc1. The van der Waals surface area contributed by atoms with Crippen molar-refractivity contribution in [2.24, 2.45) is 0 Å². The monoisotopic (exact) mass is 412 g/mol. The molecule has 3 aromatic rings. The number of unbranched alkanes of at least 4 members (excludes halogenated alkanes) is 4. The summed E-state index contributed by atoms with van der Waals surface area (Å²) in [6.07, 6.45) is 13.8. The number of benzene rings is 2. The van der Waals surface area contributed by atoms with E-state index in [1.54, 1.807) is 24.5 Å². The lowest BCUT2D eigenvalue weighted by molar-refractivity contribution is -0.116. The van der Waals surface area contributed by atoms with Gasteiger partial charge in [-0.15, -0.1) is 0 Å². The van der Waals surface area contributed by atoms with Gasteiger partial charge in [0.05, 0.1) is 0 Å². The van der Waals surface area contributed by atoms with Crippen LogP contribution in [0.3, 0.4) is 0 Å². The van der Waals surface area contributed by atoms with Crippen LogP contribution in [-0.4, -0.2) is 17.4 Å². The van der Waals surface area contributed by atoms with Gasteiger partial charge in [-0.2, -0.15) is 0 Å². The Morgan fingerprint density at radius 2 is 1.45 bits per heavy atom. The number of aromatic nitrogens is 1. The number of carbonyl (C=O) groups is 1. The van der Waals surface area contributed by atoms with E-state index in [1.807, 2.05) is 12.1 Å². The summed E-state index contributed by atoms with van der Waals surface area (Å²) < 4.78 is 0. The molecular weight excluding hydrogens is 380 g/mol. The first-order valence-electron chi connectivity index (χ1n) is 11.3. The first-order valence-corrected chi connectivity index (χ1v) is 11.3. The molecule has 3 heteroatoms. The summed E-state index contributed by atoms with van der Waals surface area (Å²) in [6.45, 7) is 0.729. The van der Waals surface area contributed by atoms with E-state index in [0.29, 0.717) is 5.92 Å². The van der Waals surface area contributed by atoms with Gasteiger partial charge in [-0.05, 0) is 41.7 Å². The molecule has 0 aliphatic rings. The lowest BCUT2D eigenvalue weighted by Gasteiger charge is -2.18. The Morgan fingerprint density at radius 3 is 2.10 bits per heavy atom. The number of rotatable bonds is 12. The van der Waals surface area contributed by atoms with Crippen molar-refractivity contribution in [3.05, 3.63) is 108 Å². The van der Waals surface area contributed by atoms with Gasteiger partial charge in [0, 0.05) is 30.9 Å². The molecule has 3 rings (SSSR count). The Hall–Kier alpha value is -3.20. The molecule has 0 spiro atoms. The molecule has 3 nitrogen and oxygen atoms in total. The van der Waals surface area contributed by atoms with Crippen molar-refractivity contribution in [1.29, 1.82) is 0 Å². The summed E-state index contributed by atoms with van der Waals surface area (Å²) in [4.78, 5) is 15.9. The van der Waals surface area contributed by atoms with Crippen molar-refractivity contribution in [1.82, 2.24) is 10.3 Å². The van der Waals surface area contributed by atoms with Gasteiger partial charge in [0.25, 0.3) is 0 Å². The normalized spacial score (nSPS) is 11.1. The number of hydrogen-bond acceptors (Lipinski definition) is 2. The minimum Gasteiger partial charge on any atom is -0.353 e. The zero-order chi connectivity index (χ0) is 21.6. The molecule has 1 N–H and O–H groups in total. The topological polar surface area (TPSA) is 42.0 Å². The predicted molar refractivity (Wildman–Crippen MR) is 129 cm³/mol. The highest BCUT2D eigenvalue weighted by molar-refractivity contribution is 5.91. The average Bonchev–Trinajstić information content (AvgIpc) is 2.83. The second-order valence-electron chi connectivity index (χ2n) is 7.84. The summed E-state index contributed by atoms with van der Waals surface area (Å²) in [6, 6.07) is 25.4. The molecule has 2 aromatic carbocycles. The van der Waals surface area contributed by atoms with Gasteiger partial charge < -0.3 is 5.32 Å². The van der Waals surface area contributed by atoms with Crippen LogP contribution in [0.4, 0.5) is 0 Å². The van der Waals surface area contributed by atoms with E-state index < -0.39 is 0 Å². The number of nitrogens with zero attached hydrogens (tertiary/aromatic N) is 1. The van der Waals surface area contributed by atoms with E-state index in [9.17, 15) is 4.79 Å². The molecule has 0 radical (unpaired) electrons. The number of nitrogens with one attached hydrogen (secondary N) is 1. The predicted octanol–water partition coefficient (Wildman–Crippen LogP) is 6.38. The van der Waals surface area contributed by atoms with Crippen molar-refractivity contribution in [3.63, 3.8) is 0 Å². The Bertz CT molecular complexity index is 868. The third kappa shape index (κ3) is 8.21. The molecule has 0 fully saturated rings. The summed E-state index contributed by atoms with van der Waals surface area (Å²) in [7, 11) is 0. The molecule has 1 aromatic heterocycles. The maximum Gasteiger partial charge on any atom is 0.243 e. The molecule has 0 aliphatic heterocycles. The van der Waals surface area contributed by atoms with Gasteiger partial charge in [-0.25, -0.2) is 0 Å². The van der Waals surface area contributed by atoms with Crippen LogP contribution >= 0.6 is 0 Å². The minimum atomic E-state index is -0.0441. The van der Waals surface area contributed by atoms with Crippen molar-refractivity contribution < 1.29 is 4.79 Å². The Morgan fingerprint density at radius 1 is 0.806 bits per heavy atom. The molecule has 31 heavy (non-hydrogen) atoms. The largest absolute Gasteiger partial charge is 0.353 e. The zero-order valence-electron chi connectivity index (χ0n) is 18.1. The first-order chi connectivity index (χ1) is 15.3. The molecule has 0 atom stereocenters. The third-order valence-corrected chi connectivity index (χ3v) is 5.48. The van der Waals surface area contributed by atoms with Crippen molar-refractivity contribution >= 4 is 12.0 Å². The summed E-state index contributed by atoms with van der Waals surface area (Å²) in [5, 5.41) is 2.96. The molecule has 1 amide bonds. The number of amides is 1. The Kier molecular flexibility index (Phi) is 9.55. The van der Waals surface area contributed by atoms with E-state index in [0.717, 1.165) is 24.9 Å². The van der Waals surface area contributed by atoms with Gasteiger partial charge in [0.1, 0.15) is 0 Å². The van der Waals surface area contributed by atoms with E-state index in [2.05, 4.69) is 71.0 Å². The second-order valence-corrected chi connectivity index (χ2v) is 7.84. The van der Waals surface area contributed by atoms with Crippen LogP contribution in [0.25, 0.3) is 6.08 Å². The maximum atomic E-state index is 11.9. The first kappa shape index (κ1) is 22.5. The van der Waals surface area contributed by atoms with Crippen molar-refractivity contribution in [2.45, 2.75) is 44.4 Å². The highest BCUT2D eigenvalue weighted by Crippen LogP contribution is 2.29. The highest BCUT2D eigenvalue weighted by atomic mass is 16.1. The maximum absolute atomic E-state index is 11.9. The zero-order valence-corrected chi connectivity index (χ0v) is 18.1. The molecular formula is C28H32N2O. The lowest BCUT2D eigenvalue weighted by atomic mass is 9.87. The number of hydrogen-bond donors (Lipinski definition) is 1. The van der Waals surface area contributed by atoms with E-state index in [-0.39, 0.29) is 5.91 Å². The van der Waals surface area contributed by atoms with Gasteiger partial charge in [0.2, 0.25) is 5.91 Å². The molecule has 0 aliphatic carbocycles. The van der Waals surface area contributed by atoms with Crippen LogP contribution in [0, 0.1) is 0 Å². The van der Waals surface area contributed by atoms with Crippen molar-refractivity contribution in [3.8, 4) is 0 Å². The van der Waals surface area contributed by atoms with Crippen LogP contribution in [0.1, 0.15) is 61.1 Å². The minimum absolute atomic E-state index is 0.0441. The third-order valence-electron chi connectivity index (χ3n) is 5.48. The molecule has 0 unspecified atom stereocenters. The average molecular weight is 413 g/mol. The van der Waals surface area contributed by atoms with E-state index in [1.165, 1.54) is 36.8 Å². The fourth-order valence-electron chi connectivity index (χ4n) is 3.82. The van der Waals surface area contributed by atoms with Gasteiger partial charge >= 0.3 is 0 Å². The van der Waals surface area contributed by atoms with Gasteiger partial charge in [0.15, 0.2) is 0 Å². The van der Waals surface area contributed by atoms with Crippen LogP contribution in [0.15, 0.2) is 91.3 Å². The summed E-state index contributed by atoms with van der Waals surface area (Å²) in [5.74, 6) is 0.422. The quantitative estimate of drug-likeness (QED) is 0.277. The fourth-order valence-corrected chi connectivity index (χ4v) is 3.82. The molecule has 0 saturated heterocycles. The number of carbonyl (C=O) groups excluding carboxylic acids is 1. The van der Waals surface area contributed by atoms with Crippen molar-refractivity contribution in [2.75, 3.05) is 6.54 Å². The molecule has 0 bridgehead atoms. The lowest BCUT2D eigenvalue weighted by Crippen LogP contribution is -2.21.